The van der Waals surface area contributed by atoms with E-state index in [-0.39, 0.29) is 0 Å². The first-order valence-corrected chi connectivity index (χ1v) is 7.57. The number of hydrogen-bond donors (Lipinski definition) is 1. The van der Waals surface area contributed by atoms with E-state index in [1.165, 1.54) is 0 Å². The van der Waals surface area contributed by atoms with Crippen LogP contribution in [0.1, 0.15) is 12.6 Å². The van der Waals surface area contributed by atoms with Crippen LogP contribution in [0.3, 0.4) is 0 Å². The van der Waals surface area contributed by atoms with Crippen LogP contribution >= 0.6 is 22.6 Å². The minimum Gasteiger partial charge on any atom is -0.481 e. The molecule has 0 aliphatic rings. The molecule has 0 saturated heterocycles. The lowest BCUT2D eigenvalue weighted by molar-refractivity contribution is 0.181. The molecule has 0 fully saturated rings. The number of hydrogen-bond acceptors (Lipinski definition) is 6. The monoisotopic (exact) mass is 400 g/mol. The van der Waals surface area contributed by atoms with Crippen LogP contribution in [-0.2, 0) is 11.3 Å². The maximum Gasteiger partial charge on any atom is 0.212 e. The van der Waals surface area contributed by atoms with Crippen LogP contribution in [0.15, 0.2) is 18.3 Å². The molecule has 112 valence electrons. The van der Waals surface area contributed by atoms with Gasteiger partial charge in [-0.25, -0.2) is 15.0 Å². The van der Waals surface area contributed by atoms with Crippen molar-refractivity contribution >= 4 is 28.4 Å². The lowest BCUT2D eigenvalue weighted by atomic mass is 10.2. The number of nitrogens with one attached hydrogen (secondary N) is 1. The Hall–Kier alpha value is -1.48. The Morgan fingerprint density at radius 3 is 2.62 bits per heavy atom. The standard InChI is InChI=1S/C14H17IN4O2/c1-4-16-14-12(15)10(8-20-2)18-13(19-14)9-5-6-11(21-3)17-7-9/h5-7H,4,8H2,1-3H3,(H,16,18,19). The molecule has 2 aromatic heterocycles. The van der Waals surface area contributed by atoms with Crippen LogP contribution < -0.4 is 10.1 Å². The first-order chi connectivity index (χ1) is 10.2. The van der Waals surface area contributed by atoms with E-state index < -0.39 is 0 Å². The first kappa shape index (κ1) is 15.9. The van der Waals surface area contributed by atoms with E-state index in [1.807, 2.05) is 13.0 Å². The van der Waals surface area contributed by atoms with E-state index in [0.29, 0.717) is 18.3 Å². The van der Waals surface area contributed by atoms with Gasteiger partial charge in [-0.2, -0.15) is 0 Å². The van der Waals surface area contributed by atoms with Gasteiger partial charge in [0.15, 0.2) is 5.82 Å². The fourth-order valence-electron chi connectivity index (χ4n) is 1.77. The van der Waals surface area contributed by atoms with Gasteiger partial charge in [0.25, 0.3) is 0 Å². The van der Waals surface area contributed by atoms with Crippen molar-refractivity contribution < 1.29 is 9.47 Å². The summed E-state index contributed by atoms with van der Waals surface area (Å²) in [5, 5.41) is 3.25. The Kier molecular flexibility index (Phi) is 5.68. The zero-order valence-electron chi connectivity index (χ0n) is 12.2. The van der Waals surface area contributed by atoms with Gasteiger partial charge in [-0.1, -0.05) is 0 Å². The van der Waals surface area contributed by atoms with Crippen molar-refractivity contribution in [3.63, 3.8) is 0 Å². The molecule has 6 nitrogen and oxygen atoms in total. The maximum atomic E-state index is 5.21. The minimum atomic E-state index is 0.440. The van der Waals surface area contributed by atoms with Crippen molar-refractivity contribution in [2.75, 3.05) is 26.1 Å². The molecule has 0 atom stereocenters. The molecular weight excluding hydrogens is 383 g/mol. The molecule has 0 spiro atoms. The lowest BCUT2D eigenvalue weighted by Crippen LogP contribution is -2.08. The molecule has 0 bridgehead atoms. The van der Waals surface area contributed by atoms with Crippen molar-refractivity contribution in [2.45, 2.75) is 13.5 Å². The van der Waals surface area contributed by atoms with Crippen molar-refractivity contribution in [2.24, 2.45) is 0 Å². The summed E-state index contributed by atoms with van der Waals surface area (Å²) >= 11 is 2.23. The summed E-state index contributed by atoms with van der Waals surface area (Å²) in [5.41, 5.74) is 1.69. The van der Waals surface area contributed by atoms with Crippen LogP contribution in [0.4, 0.5) is 5.82 Å². The summed E-state index contributed by atoms with van der Waals surface area (Å²) in [6, 6.07) is 3.68. The van der Waals surface area contributed by atoms with E-state index in [4.69, 9.17) is 9.47 Å². The number of pyridine rings is 1. The van der Waals surface area contributed by atoms with Crippen molar-refractivity contribution in [1.82, 2.24) is 15.0 Å². The SMILES string of the molecule is CCNc1nc(-c2ccc(OC)nc2)nc(COC)c1I. The molecule has 0 radical (unpaired) electrons. The Labute approximate surface area is 137 Å². The summed E-state index contributed by atoms with van der Waals surface area (Å²) < 4.78 is 11.2. The Morgan fingerprint density at radius 2 is 2.05 bits per heavy atom. The van der Waals surface area contributed by atoms with Gasteiger partial charge < -0.3 is 14.8 Å². The average molecular weight is 400 g/mol. The van der Waals surface area contributed by atoms with E-state index in [2.05, 4.69) is 42.9 Å². The molecule has 1 N–H and O–H groups in total. The highest BCUT2D eigenvalue weighted by atomic mass is 127. The summed E-state index contributed by atoms with van der Waals surface area (Å²) in [4.78, 5) is 13.3. The van der Waals surface area contributed by atoms with Crippen molar-refractivity contribution in [3.05, 3.63) is 27.6 Å². The topological polar surface area (TPSA) is 69.2 Å². The third-order valence-corrected chi connectivity index (χ3v) is 3.88. The number of anilines is 1. The number of rotatable bonds is 6. The maximum absolute atomic E-state index is 5.21. The van der Waals surface area contributed by atoms with Gasteiger partial charge >= 0.3 is 0 Å². The van der Waals surface area contributed by atoms with Gasteiger partial charge in [-0.05, 0) is 35.6 Å². The smallest absolute Gasteiger partial charge is 0.212 e. The largest absolute Gasteiger partial charge is 0.481 e. The molecule has 0 unspecified atom stereocenters. The van der Waals surface area contributed by atoms with Crippen LogP contribution in [0.2, 0.25) is 0 Å². The molecular formula is C14H17IN4O2. The normalized spacial score (nSPS) is 10.5. The number of nitrogens with zero attached hydrogens (tertiary/aromatic N) is 3. The summed E-state index contributed by atoms with van der Waals surface area (Å²) in [6.07, 6.45) is 1.70. The molecule has 0 saturated carbocycles. The molecule has 2 heterocycles. The summed E-state index contributed by atoms with van der Waals surface area (Å²) in [7, 11) is 3.24. The second-order valence-electron chi connectivity index (χ2n) is 4.21. The molecule has 2 aromatic rings. The molecule has 0 aromatic carbocycles. The molecule has 0 aliphatic carbocycles. The number of aromatic nitrogens is 3. The quantitative estimate of drug-likeness (QED) is 0.753. The average Bonchev–Trinajstić information content (AvgIpc) is 2.51. The third kappa shape index (κ3) is 3.79. The number of methoxy groups -OCH3 is 2. The molecule has 0 amide bonds. The van der Waals surface area contributed by atoms with Gasteiger partial charge in [0.2, 0.25) is 5.88 Å². The van der Waals surface area contributed by atoms with Gasteiger partial charge in [0.05, 0.1) is 23.0 Å². The van der Waals surface area contributed by atoms with Crippen LogP contribution in [-0.4, -0.2) is 35.7 Å². The fraction of sp³-hybridized carbons (Fsp3) is 0.357. The Bertz CT molecular complexity index is 577. The van der Waals surface area contributed by atoms with E-state index in [9.17, 15) is 0 Å². The van der Waals surface area contributed by atoms with E-state index in [0.717, 1.165) is 27.2 Å². The second kappa shape index (κ2) is 7.51. The third-order valence-electron chi connectivity index (χ3n) is 2.75. The minimum absolute atomic E-state index is 0.440. The highest BCUT2D eigenvalue weighted by Gasteiger charge is 2.13. The Balaban J connectivity index is 2.45. The van der Waals surface area contributed by atoms with E-state index in [1.54, 1.807) is 26.5 Å². The first-order valence-electron chi connectivity index (χ1n) is 6.49. The molecule has 0 aliphatic heterocycles. The predicted molar refractivity (Wildman–Crippen MR) is 89.4 cm³/mol. The fourth-order valence-corrected chi connectivity index (χ4v) is 2.36. The van der Waals surface area contributed by atoms with Crippen LogP contribution in [0.25, 0.3) is 11.4 Å². The van der Waals surface area contributed by atoms with Gasteiger partial charge in [0.1, 0.15) is 5.82 Å². The lowest BCUT2D eigenvalue weighted by Gasteiger charge is -2.12. The molecule has 21 heavy (non-hydrogen) atoms. The predicted octanol–water partition coefficient (Wildman–Crippen LogP) is 2.73. The Morgan fingerprint density at radius 1 is 1.24 bits per heavy atom. The van der Waals surface area contributed by atoms with E-state index >= 15 is 0 Å². The molecule has 7 heteroatoms. The highest BCUT2D eigenvalue weighted by molar-refractivity contribution is 14.1. The van der Waals surface area contributed by atoms with Gasteiger partial charge in [-0.3, -0.25) is 0 Å². The summed E-state index contributed by atoms with van der Waals surface area (Å²) in [6.45, 7) is 3.26. The van der Waals surface area contributed by atoms with Gasteiger partial charge in [0, 0.05) is 31.5 Å². The van der Waals surface area contributed by atoms with Crippen molar-refractivity contribution in [3.8, 4) is 17.3 Å². The zero-order valence-corrected chi connectivity index (χ0v) is 14.3. The van der Waals surface area contributed by atoms with Crippen molar-refractivity contribution in [1.29, 1.82) is 0 Å². The van der Waals surface area contributed by atoms with Crippen LogP contribution in [0, 0.1) is 3.57 Å². The number of ether oxygens (including phenoxy) is 2. The summed E-state index contributed by atoms with van der Waals surface area (Å²) in [5.74, 6) is 1.99. The molecule has 2 rings (SSSR count). The van der Waals surface area contributed by atoms with Gasteiger partial charge in [-0.15, -0.1) is 0 Å². The highest BCUT2D eigenvalue weighted by Crippen LogP contribution is 2.24. The zero-order chi connectivity index (χ0) is 15.2. The van der Waals surface area contributed by atoms with Crippen LogP contribution in [0.5, 0.6) is 5.88 Å². The second-order valence-corrected chi connectivity index (χ2v) is 5.29. The number of halogens is 1.